The summed E-state index contributed by atoms with van der Waals surface area (Å²) < 4.78 is 0. The minimum Gasteiger partial charge on any atom is -0.354 e. The first-order valence-corrected chi connectivity index (χ1v) is 8.22. The summed E-state index contributed by atoms with van der Waals surface area (Å²) >= 11 is 5.94. The summed E-state index contributed by atoms with van der Waals surface area (Å²) in [6.07, 6.45) is 1.83. The number of halogens is 1. The largest absolute Gasteiger partial charge is 0.354 e. The first-order chi connectivity index (χ1) is 11.1. The number of anilines is 2. The molecule has 1 aromatic carbocycles. The maximum Gasteiger partial charge on any atom is 0.226 e. The van der Waals surface area contributed by atoms with Gasteiger partial charge in [-0.25, -0.2) is 4.98 Å². The van der Waals surface area contributed by atoms with Crippen LogP contribution in [-0.4, -0.2) is 55.1 Å². The monoisotopic (exact) mass is 331 g/mol. The molecule has 6 heteroatoms. The summed E-state index contributed by atoms with van der Waals surface area (Å²) in [6, 6.07) is 10.1. The number of benzene rings is 1. The normalized spacial score (nSPS) is 15.7. The lowest BCUT2D eigenvalue weighted by atomic mass is 10.2. The first kappa shape index (κ1) is 16.0. The Hall–Kier alpha value is -1.85. The topological polar surface area (TPSA) is 35.5 Å². The van der Waals surface area contributed by atoms with Gasteiger partial charge in [-0.05, 0) is 23.8 Å². The zero-order chi connectivity index (χ0) is 16.2. The quantitative estimate of drug-likeness (QED) is 0.860. The van der Waals surface area contributed by atoms with Gasteiger partial charge in [-0.1, -0.05) is 23.7 Å². The van der Waals surface area contributed by atoms with Crippen LogP contribution in [0.25, 0.3) is 0 Å². The van der Waals surface area contributed by atoms with Crippen LogP contribution >= 0.6 is 11.6 Å². The highest BCUT2D eigenvalue weighted by Crippen LogP contribution is 2.17. The standard InChI is InChI=1S/C17H22ClN5/c1-21(2)17-19-8-7-16(20-17)23-11-9-22(10-12-23)13-14-3-5-15(18)6-4-14/h3-8H,9-13H2,1-2H3. The van der Waals surface area contributed by atoms with E-state index in [-0.39, 0.29) is 0 Å². The van der Waals surface area contributed by atoms with Crippen LogP contribution in [0.1, 0.15) is 5.56 Å². The molecule has 1 saturated heterocycles. The fourth-order valence-electron chi connectivity index (χ4n) is 2.71. The molecule has 0 radical (unpaired) electrons. The Morgan fingerprint density at radius 2 is 1.74 bits per heavy atom. The SMILES string of the molecule is CN(C)c1nccc(N2CCN(Cc3ccc(Cl)cc3)CC2)n1. The molecule has 5 nitrogen and oxygen atoms in total. The second-order valence-electron chi connectivity index (χ2n) is 6.00. The van der Waals surface area contributed by atoms with Gasteiger partial charge >= 0.3 is 0 Å². The zero-order valence-electron chi connectivity index (χ0n) is 13.6. The van der Waals surface area contributed by atoms with Crippen LogP contribution in [-0.2, 0) is 6.54 Å². The molecule has 0 spiro atoms. The molecule has 0 unspecified atom stereocenters. The number of aromatic nitrogens is 2. The van der Waals surface area contributed by atoms with E-state index in [0.29, 0.717) is 0 Å². The average Bonchev–Trinajstić information content (AvgIpc) is 2.58. The summed E-state index contributed by atoms with van der Waals surface area (Å²) in [4.78, 5) is 15.6. The maximum absolute atomic E-state index is 5.94. The Kier molecular flexibility index (Phi) is 4.98. The highest BCUT2D eigenvalue weighted by Gasteiger charge is 2.18. The van der Waals surface area contributed by atoms with Crippen molar-refractivity contribution < 1.29 is 0 Å². The summed E-state index contributed by atoms with van der Waals surface area (Å²) in [5.74, 6) is 1.76. The number of hydrogen-bond donors (Lipinski definition) is 0. The van der Waals surface area contributed by atoms with E-state index in [4.69, 9.17) is 11.6 Å². The van der Waals surface area contributed by atoms with E-state index in [1.54, 1.807) is 0 Å². The number of nitrogens with zero attached hydrogens (tertiary/aromatic N) is 5. The minimum absolute atomic E-state index is 0.756. The molecular weight excluding hydrogens is 310 g/mol. The molecule has 2 heterocycles. The molecule has 1 fully saturated rings. The highest BCUT2D eigenvalue weighted by atomic mass is 35.5. The molecular formula is C17H22ClN5. The zero-order valence-corrected chi connectivity index (χ0v) is 14.4. The lowest BCUT2D eigenvalue weighted by Crippen LogP contribution is -2.46. The molecule has 23 heavy (non-hydrogen) atoms. The minimum atomic E-state index is 0.756. The third-order valence-electron chi connectivity index (χ3n) is 4.04. The van der Waals surface area contributed by atoms with E-state index in [1.165, 1.54) is 5.56 Å². The van der Waals surface area contributed by atoms with Crippen molar-refractivity contribution in [1.82, 2.24) is 14.9 Å². The van der Waals surface area contributed by atoms with Crippen LogP contribution in [0.2, 0.25) is 5.02 Å². The lowest BCUT2D eigenvalue weighted by molar-refractivity contribution is 0.249. The van der Waals surface area contributed by atoms with Gasteiger partial charge in [0, 0.05) is 58.0 Å². The first-order valence-electron chi connectivity index (χ1n) is 7.84. The van der Waals surface area contributed by atoms with Crippen LogP contribution in [0.5, 0.6) is 0 Å². The summed E-state index contributed by atoms with van der Waals surface area (Å²) in [6.45, 7) is 5.00. The van der Waals surface area contributed by atoms with Gasteiger partial charge < -0.3 is 9.80 Å². The van der Waals surface area contributed by atoms with Crippen molar-refractivity contribution in [2.24, 2.45) is 0 Å². The second-order valence-corrected chi connectivity index (χ2v) is 6.44. The Morgan fingerprint density at radius 1 is 1.04 bits per heavy atom. The summed E-state index contributed by atoms with van der Waals surface area (Å²) in [5.41, 5.74) is 1.31. The smallest absolute Gasteiger partial charge is 0.226 e. The molecule has 0 bridgehead atoms. The van der Waals surface area contributed by atoms with Gasteiger partial charge in [-0.2, -0.15) is 4.98 Å². The van der Waals surface area contributed by atoms with E-state index in [1.807, 2.05) is 43.4 Å². The van der Waals surface area contributed by atoms with E-state index in [0.717, 1.165) is 49.5 Å². The van der Waals surface area contributed by atoms with E-state index >= 15 is 0 Å². The van der Waals surface area contributed by atoms with Crippen LogP contribution in [0.4, 0.5) is 11.8 Å². The maximum atomic E-state index is 5.94. The Labute approximate surface area is 142 Å². The van der Waals surface area contributed by atoms with Crippen molar-refractivity contribution >= 4 is 23.4 Å². The van der Waals surface area contributed by atoms with E-state index in [9.17, 15) is 0 Å². The fourth-order valence-corrected chi connectivity index (χ4v) is 2.84. The van der Waals surface area contributed by atoms with Gasteiger partial charge in [-0.15, -0.1) is 0 Å². The van der Waals surface area contributed by atoms with Crippen molar-refractivity contribution in [3.05, 3.63) is 47.1 Å². The number of rotatable bonds is 4. The molecule has 0 aliphatic carbocycles. The third-order valence-corrected chi connectivity index (χ3v) is 4.30. The number of piperazine rings is 1. The molecule has 0 saturated carbocycles. The molecule has 2 aromatic rings. The molecule has 1 aliphatic rings. The van der Waals surface area contributed by atoms with Crippen molar-refractivity contribution in [2.75, 3.05) is 50.1 Å². The predicted octanol–water partition coefficient (Wildman–Crippen LogP) is 2.52. The van der Waals surface area contributed by atoms with Gasteiger partial charge in [-0.3, -0.25) is 4.90 Å². The second kappa shape index (κ2) is 7.15. The molecule has 3 rings (SSSR count). The van der Waals surface area contributed by atoms with Gasteiger partial charge in [0.25, 0.3) is 0 Å². The van der Waals surface area contributed by atoms with Crippen molar-refractivity contribution in [1.29, 1.82) is 0 Å². The van der Waals surface area contributed by atoms with Gasteiger partial charge in [0.1, 0.15) is 5.82 Å². The number of hydrogen-bond acceptors (Lipinski definition) is 5. The Bertz CT molecular complexity index is 636. The molecule has 0 amide bonds. The molecule has 1 aromatic heterocycles. The van der Waals surface area contributed by atoms with Crippen molar-refractivity contribution in [3.8, 4) is 0 Å². The van der Waals surface area contributed by atoms with Crippen LogP contribution < -0.4 is 9.80 Å². The van der Waals surface area contributed by atoms with E-state index in [2.05, 4.69) is 31.9 Å². The molecule has 0 atom stereocenters. The lowest BCUT2D eigenvalue weighted by Gasteiger charge is -2.35. The van der Waals surface area contributed by atoms with Gasteiger partial charge in [0.15, 0.2) is 0 Å². The van der Waals surface area contributed by atoms with Crippen LogP contribution in [0, 0.1) is 0 Å². The summed E-state index contributed by atoms with van der Waals surface area (Å²) in [7, 11) is 3.92. The molecule has 1 aliphatic heterocycles. The Balaban J connectivity index is 1.58. The third kappa shape index (κ3) is 4.12. The molecule has 0 N–H and O–H groups in total. The Morgan fingerprint density at radius 3 is 2.39 bits per heavy atom. The average molecular weight is 332 g/mol. The molecule has 122 valence electrons. The summed E-state index contributed by atoms with van der Waals surface area (Å²) in [5, 5.41) is 0.791. The predicted molar refractivity (Wildman–Crippen MR) is 95.3 cm³/mol. The fraction of sp³-hybridized carbons (Fsp3) is 0.412. The van der Waals surface area contributed by atoms with Crippen LogP contribution in [0.15, 0.2) is 36.5 Å². The van der Waals surface area contributed by atoms with Crippen molar-refractivity contribution in [2.45, 2.75) is 6.54 Å². The van der Waals surface area contributed by atoms with Crippen molar-refractivity contribution in [3.63, 3.8) is 0 Å². The van der Waals surface area contributed by atoms with Gasteiger partial charge in [0.2, 0.25) is 5.95 Å². The van der Waals surface area contributed by atoms with Gasteiger partial charge in [0.05, 0.1) is 0 Å². The van der Waals surface area contributed by atoms with E-state index < -0.39 is 0 Å². The highest BCUT2D eigenvalue weighted by molar-refractivity contribution is 6.30. The van der Waals surface area contributed by atoms with Crippen LogP contribution in [0.3, 0.4) is 0 Å².